The predicted molar refractivity (Wildman–Crippen MR) is 84.2 cm³/mol. The van der Waals surface area contributed by atoms with Crippen LogP contribution in [0.15, 0.2) is 18.2 Å². The highest BCUT2D eigenvalue weighted by Gasteiger charge is 2.16. The Labute approximate surface area is 125 Å². The zero-order valence-corrected chi connectivity index (χ0v) is 13.8. The molecule has 0 aliphatic carbocycles. The molecule has 7 heteroatoms. The number of rotatable bonds is 5. The van der Waals surface area contributed by atoms with Crippen LogP contribution in [0.2, 0.25) is 0 Å². The number of ether oxygens (including phenoxy) is 1. The van der Waals surface area contributed by atoms with Crippen molar-refractivity contribution < 1.29 is 17.9 Å². The van der Waals surface area contributed by atoms with E-state index in [1.165, 1.54) is 13.2 Å². The van der Waals surface area contributed by atoms with Crippen LogP contribution in [-0.4, -0.2) is 27.7 Å². The summed E-state index contributed by atoms with van der Waals surface area (Å²) in [7, 11) is -1.98. The third-order valence-corrected chi connectivity index (χ3v) is 3.06. The second kappa shape index (κ2) is 6.34. The van der Waals surface area contributed by atoms with Crippen molar-refractivity contribution in [2.24, 2.45) is 5.41 Å². The molecule has 0 bridgehead atoms. The van der Waals surface area contributed by atoms with Crippen molar-refractivity contribution in [1.29, 1.82) is 0 Å². The van der Waals surface area contributed by atoms with Crippen LogP contribution in [-0.2, 0) is 14.8 Å². The highest BCUT2D eigenvalue weighted by molar-refractivity contribution is 7.92. The maximum Gasteiger partial charge on any atom is 0.229 e. The van der Waals surface area contributed by atoms with E-state index in [2.05, 4.69) is 10.0 Å². The van der Waals surface area contributed by atoms with Crippen molar-refractivity contribution in [3.05, 3.63) is 18.2 Å². The Hall–Kier alpha value is -1.76. The van der Waals surface area contributed by atoms with Gasteiger partial charge in [0, 0.05) is 12.1 Å². The van der Waals surface area contributed by atoms with E-state index in [9.17, 15) is 13.2 Å². The number of benzene rings is 1. The minimum Gasteiger partial charge on any atom is -0.495 e. The van der Waals surface area contributed by atoms with Crippen LogP contribution in [0.25, 0.3) is 0 Å². The van der Waals surface area contributed by atoms with Crippen LogP contribution in [0, 0.1) is 5.41 Å². The second-order valence-corrected chi connectivity index (χ2v) is 7.82. The van der Waals surface area contributed by atoms with Crippen molar-refractivity contribution in [1.82, 2.24) is 0 Å². The van der Waals surface area contributed by atoms with Gasteiger partial charge in [0.1, 0.15) is 5.75 Å². The molecule has 0 unspecified atom stereocenters. The van der Waals surface area contributed by atoms with E-state index in [4.69, 9.17) is 4.74 Å². The van der Waals surface area contributed by atoms with E-state index in [-0.39, 0.29) is 17.0 Å². The third kappa shape index (κ3) is 6.48. The first-order chi connectivity index (χ1) is 9.50. The molecule has 2 N–H and O–H groups in total. The summed E-state index contributed by atoms with van der Waals surface area (Å²) < 4.78 is 30.1. The van der Waals surface area contributed by atoms with Gasteiger partial charge in [-0.1, -0.05) is 20.8 Å². The molecular formula is C14H22N2O4S. The molecule has 21 heavy (non-hydrogen) atoms. The van der Waals surface area contributed by atoms with Gasteiger partial charge in [0.25, 0.3) is 0 Å². The van der Waals surface area contributed by atoms with Crippen molar-refractivity contribution in [3.63, 3.8) is 0 Å². The molecule has 1 aromatic rings. The zero-order valence-electron chi connectivity index (χ0n) is 13.0. The van der Waals surface area contributed by atoms with E-state index < -0.39 is 10.0 Å². The predicted octanol–water partition coefficient (Wildman–Crippen LogP) is 2.44. The van der Waals surface area contributed by atoms with Gasteiger partial charge >= 0.3 is 0 Å². The highest BCUT2D eigenvalue weighted by Crippen LogP contribution is 2.29. The monoisotopic (exact) mass is 314 g/mol. The topological polar surface area (TPSA) is 84.5 Å². The summed E-state index contributed by atoms with van der Waals surface area (Å²) in [6.07, 6.45) is 1.42. The van der Waals surface area contributed by atoms with Gasteiger partial charge in [0.2, 0.25) is 15.9 Å². The number of carbonyl (C=O) groups is 1. The minimum atomic E-state index is -3.43. The van der Waals surface area contributed by atoms with E-state index in [1.807, 2.05) is 20.8 Å². The lowest BCUT2D eigenvalue weighted by Crippen LogP contribution is -2.19. The number of anilines is 2. The molecule has 1 aromatic carbocycles. The fourth-order valence-electron chi connectivity index (χ4n) is 1.75. The van der Waals surface area contributed by atoms with E-state index in [0.29, 0.717) is 17.9 Å². The summed E-state index contributed by atoms with van der Waals surface area (Å²) in [4.78, 5) is 11.9. The first-order valence-electron chi connectivity index (χ1n) is 6.46. The largest absolute Gasteiger partial charge is 0.495 e. The number of carbonyl (C=O) groups excluding carboxylic acids is 1. The molecule has 0 aliphatic rings. The van der Waals surface area contributed by atoms with Crippen LogP contribution in [0.3, 0.4) is 0 Å². The van der Waals surface area contributed by atoms with Crippen LogP contribution in [0.1, 0.15) is 27.2 Å². The SMILES string of the molecule is COc1ccc(NC(=O)CC(C)(C)C)cc1NS(C)(=O)=O. The molecular weight excluding hydrogens is 292 g/mol. The Balaban J connectivity index is 2.95. The van der Waals surface area contributed by atoms with Crippen LogP contribution in [0.4, 0.5) is 11.4 Å². The summed E-state index contributed by atoms with van der Waals surface area (Å²) >= 11 is 0. The van der Waals surface area contributed by atoms with Gasteiger partial charge in [-0.25, -0.2) is 8.42 Å². The molecule has 0 radical (unpaired) electrons. The number of hydrogen-bond donors (Lipinski definition) is 2. The van der Waals surface area contributed by atoms with Crippen molar-refractivity contribution >= 4 is 27.3 Å². The Kier molecular flexibility index (Phi) is 5.22. The van der Waals surface area contributed by atoms with E-state index >= 15 is 0 Å². The molecule has 0 spiro atoms. The lowest BCUT2D eigenvalue weighted by molar-refractivity contribution is -0.117. The van der Waals surface area contributed by atoms with Crippen molar-refractivity contribution in [3.8, 4) is 5.75 Å². The number of amides is 1. The van der Waals surface area contributed by atoms with Gasteiger partial charge in [0.15, 0.2) is 0 Å². The van der Waals surface area contributed by atoms with Crippen LogP contribution < -0.4 is 14.8 Å². The Morgan fingerprint density at radius 1 is 1.29 bits per heavy atom. The van der Waals surface area contributed by atoms with Gasteiger partial charge in [-0.3, -0.25) is 9.52 Å². The Bertz CT molecular complexity index is 618. The summed E-state index contributed by atoms with van der Waals surface area (Å²) in [6, 6.07) is 4.79. The molecule has 118 valence electrons. The van der Waals surface area contributed by atoms with E-state index in [0.717, 1.165) is 6.26 Å². The number of nitrogens with one attached hydrogen (secondary N) is 2. The second-order valence-electron chi connectivity index (χ2n) is 6.07. The molecule has 0 aliphatic heterocycles. The molecule has 0 saturated carbocycles. The third-order valence-electron chi connectivity index (χ3n) is 2.47. The normalized spacial score (nSPS) is 11.9. The number of methoxy groups -OCH3 is 1. The molecule has 0 atom stereocenters. The summed E-state index contributed by atoms with van der Waals surface area (Å²) in [5, 5.41) is 2.75. The maximum absolute atomic E-state index is 11.9. The van der Waals surface area contributed by atoms with Crippen molar-refractivity contribution in [2.45, 2.75) is 27.2 Å². The highest BCUT2D eigenvalue weighted by atomic mass is 32.2. The smallest absolute Gasteiger partial charge is 0.229 e. The summed E-state index contributed by atoms with van der Waals surface area (Å²) in [5.41, 5.74) is 0.675. The van der Waals surface area contributed by atoms with Gasteiger partial charge in [0.05, 0.1) is 19.1 Å². The average molecular weight is 314 g/mol. The minimum absolute atomic E-state index is 0.121. The molecule has 1 rings (SSSR count). The van der Waals surface area contributed by atoms with Crippen LogP contribution in [0.5, 0.6) is 5.75 Å². The molecule has 0 aromatic heterocycles. The fourth-order valence-corrected chi connectivity index (χ4v) is 2.31. The first kappa shape index (κ1) is 17.3. The van der Waals surface area contributed by atoms with Crippen LogP contribution >= 0.6 is 0 Å². The molecule has 6 nitrogen and oxygen atoms in total. The number of hydrogen-bond acceptors (Lipinski definition) is 4. The van der Waals surface area contributed by atoms with Gasteiger partial charge in [-0.2, -0.15) is 0 Å². The first-order valence-corrected chi connectivity index (χ1v) is 8.35. The fraction of sp³-hybridized carbons (Fsp3) is 0.500. The zero-order chi connectivity index (χ0) is 16.3. The molecule has 1 amide bonds. The Morgan fingerprint density at radius 3 is 2.38 bits per heavy atom. The van der Waals surface area contributed by atoms with Gasteiger partial charge in [-0.05, 0) is 23.6 Å². The Morgan fingerprint density at radius 2 is 1.90 bits per heavy atom. The summed E-state index contributed by atoms with van der Waals surface area (Å²) in [6.45, 7) is 5.91. The maximum atomic E-state index is 11.9. The molecule has 0 heterocycles. The molecule has 0 fully saturated rings. The van der Waals surface area contributed by atoms with Crippen molar-refractivity contribution in [2.75, 3.05) is 23.4 Å². The lowest BCUT2D eigenvalue weighted by atomic mass is 9.92. The van der Waals surface area contributed by atoms with Gasteiger partial charge in [-0.15, -0.1) is 0 Å². The summed E-state index contributed by atoms with van der Waals surface area (Å²) in [5.74, 6) is 0.257. The van der Waals surface area contributed by atoms with Gasteiger partial charge < -0.3 is 10.1 Å². The quantitative estimate of drug-likeness (QED) is 0.874. The standard InChI is InChI=1S/C14H22N2O4S/c1-14(2,3)9-13(17)15-10-6-7-12(20-4)11(8-10)16-21(5,18)19/h6-8,16H,9H2,1-5H3,(H,15,17). The van der Waals surface area contributed by atoms with E-state index in [1.54, 1.807) is 12.1 Å². The average Bonchev–Trinajstić information content (AvgIpc) is 2.24. The lowest BCUT2D eigenvalue weighted by Gasteiger charge is -2.18. The number of sulfonamides is 1. The molecule has 0 saturated heterocycles.